The molecular weight excluding hydrogens is 418 g/mol. The van der Waals surface area contributed by atoms with E-state index in [0.717, 1.165) is 19.3 Å². The number of piperidine rings is 1. The van der Waals surface area contributed by atoms with E-state index in [-0.39, 0.29) is 42.8 Å². The van der Waals surface area contributed by atoms with Crippen molar-refractivity contribution in [3.05, 3.63) is 59.7 Å². The summed E-state index contributed by atoms with van der Waals surface area (Å²) in [7, 11) is 0. The van der Waals surface area contributed by atoms with E-state index in [2.05, 4.69) is 23.9 Å². The molecule has 1 saturated heterocycles. The highest BCUT2D eigenvalue weighted by Gasteiger charge is 2.29. The second-order valence-electron chi connectivity index (χ2n) is 7.91. The third-order valence-electron chi connectivity index (χ3n) is 5.59. The fourth-order valence-corrected chi connectivity index (χ4v) is 3.97. The number of amides is 2. The van der Waals surface area contributed by atoms with Gasteiger partial charge in [-0.15, -0.1) is 0 Å². The van der Waals surface area contributed by atoms with Gasteiger partial charge >= 0.3 is 6.61 Å². The number of alkyl halides is 2. The van der Waals surface area contributed by atoms with E-state index in [9.17, 15) is 18.4 Å². The van der Waals surface area contributed by atoms with Gasteiger partial charge in [0.25, 0.3) is 11.8 Å². The molecule has 2 atom stereocenters. The molecule has 0 bridgehead atoms. The minimum Gasteiger partial charge on any atom is -0.484 e. The monoisotopic (exact) mass is 446 g/mol. The Morgan fingerprint density at radius 1 is 1.06 bits per heavy atom. The molecule has 0 aliphatic carbocycles. The van der Waals surface area contributed by atoms with Crippen molar-refractivity contribution in [2.45, 2.75) is 58.3 Å². The normalized spacial score (nSPS) is 18.3. The van der Waals surface area contributed by atoms with Crippen molar-refractivity contribution in [1.82, 2.24) is 10.2 Å². The zero-order valence-corrected chi connectivity index (χ0v) is 18.2. The number of carbonyl (C=O) groups excluding carboxylic acids is 2. The van der Waals surface area contributed by atoms with Gasteiger partial charge in [0.1, 0.15) is 11.5 Å². The van der Waals surface area contributed by atoms with Gasteiger partial charge in [0.15, 0.2) is 6.61 Å². The van der Waals surface area contributed by atoms with Crippen LogP contribution in [0.5, 0.6) is 11.5 Å². The van der Waals surface area contributed by atoms with Crippen molar-refractivity contribution in [3.8, 4) is 11.5 Å². The van der Waals surface area contributed by atoms with Crippen molar-refractivity contribution in [2.75, 3.05) is 6.61 Å². The summed E-state index contributed by atoms with van der Waals surface area (Å²) in [6.07, 6.45) is 3.12. The summed E-state index contributed by atoms with van der Waals surface area (Å²) in [6.45, 7) is 1.16. The third-order valence-corrected chi connectivity index (χ3v) is 5.59. The predicted molar refractivity (Wildman–Crippen MR) is 116 cm³/mol. The molecule has 1 fully saturated rings. The first-order valence-corrected chi connectivity index (χ1v) is 10.7. The average Bonchev–Trinajstić information content (AvgIpc) is 2.77. The van der Waals surface area contributed by atoms with Crippen molar-refractivity contribution in [3.63, 3.8) is 0 Å². The van der Waals surface area contributed by atoms with E-state index in [1.165, 1.54) is 6.07 Å². The molecule has 0 aromatic heterocycles. The third kappa shape index (κ3) is 6.18. The second-order valence-corrected chi connectivity index (χ2v) is 7.91. The molecule has 1 heterocycles. The van der Waals surface area contributed by atoms with Crippen LogP contribution in [0, 0.1) is 0 Å². The van der Waals surface area contributed by atoms with Crippen LogP contribution in [0.2, 0.25) is 0 Å². The van der Waals surface area contributed by atoms with Gasteiger partial charge < -0.3 is 19.7 Å². The van der Waals surface area contributed by atoms with Crippen molar-refractivity contribution in [1.29, 1.82) is 0 Å². The van der Waals surface area contributed by atoms with Gasteiger partial charge in [-0.1, -0.05) is 18.2 Å². The molecule has 0 radical (unpaired) electrons. The van der Waals surface area contributed by atoms with Crippen molar-refractivity contribution in [2.24, 2.45) is 0 Å². The van der Waals surface area contributed by atoms with Gasteiger partial charge in [0.2, 0.25) is 0 Å². The van der Waals surface area contributed by atoms with Gasteiger partial charge in [-0.05, 0) is 63.4 Å². The summed E-state index contributed by atoms with van der Waals surface area (Å²) in [4.78, 5) is 26.9. The van der Waals surface area contributed by atoms with Gasteiger partial charge in [-0.2, -0.15) is 8.78 Å². The smallest absolute Gasteiger partial charge is 0.387 e. The Kier molecular flexibility index (Phi) is 8.03. The van der Waals surface area contributed by atoms with Crippen LogP contribution in [0.3, 0.4) is 0 Å². The molecule has 32 heavy (non-hydrogen) atoms. The quantitative estimate of drug-likeness (QED) is 0.653. The summed E-state index contributed by atoms with van der Waals surface area (Å²) >= 11 is 0. The number of likely N-dealkylation sites (tertiary alicyclic amines) is 1. The number of halogens is 2. The first kappa shape index (κ1) is 23.5. The number of ether oxygens (including phenoxy) is 2. The Balaban J connectivity index is 1.52. The highest BCUT2D eigenvalue weighted by molar-refractivity contribution is 5.94. The van der Waals surface area contributed by atoms with E-state index in [4.69, 9.17) is 4.74 Å². The number of benzene rings is 2. The topological polar surface area (TPSA) is 67.9 Å². The van der Waals surface area contributed by atoms with E-state index in [1.807, 2.05) is 4.90 Å². The Labute approximate surface area is 186 Å². The van der Waals surface area contributed by atoms with E-state index < -0.39 is 6.61 Å². The molecule has 2 amide bonds. The SMILES string of the molecule is C[C@@H]1CCC[C@@H](C)N1C(=O)COc1ccc(C(=O)NCc2ccccc2OC(F)F)cc1. The summed E-state index contributed by atoms with van der Waals surface area (Å²) in [6, 6.07) is 13.1. The lowest BCUT2D eigenvalue weighted by atomic mass is 9.97. The Morgan fingerprint density at radius 2 is 1.72 bits per heavy atom. The Hall–Kier alpha value is -3.16. The second kappa shape index (κ2) is 10.9. The number of para-hydroxylation sites is 1. The number of rotatable bonds is 8. The van der Waals surface area contributed by atoms with E-state index in [0.29, 0.717) is 16.9 Å². The minimum absolute atomic E-state index is 0.0218. The fourth-order valence-electron chi connectivity index (χ4n) is 3.97. The summed E-state index contributed by atoms with van der Waals surface area (Å²) in [5, 5.41) is 2.69. The van der Waals surface area contributed by atoms with Gasteiger partial charge in [-0.3, -0.25) is 9.59 Å². The molecule has 2 aromatic carbocycles. The summed E-state index contributed by atoms with van der Waals surface area (Å²) in [5.41, 5.74) is 0.829. The molecule has 3 rings (SSSR count). The maximum absolute atomic E-state index is 12.6. The minimum atomic E-state index is -2.94. The lowest BCUT2D eigenvalue weighted by Crippen LogP contribution is -2.49. The molecule has 0 saturated carbocycles. The van der Waals surface area contributed by atoms with E-state index in [1.54, 1.807) is 42.5 Å². The maximum atomic E-state index is 12.6. The lowest BCUT2D eigenvalue weighted by molar-refractivity contribution is -0.139. The molecule has 6 nitrogen and oxygen atoms in total. The van der Waals surface area contributed by atoms with Crippen LogP contribution in [0.15, 0.2) is 48.5 Å². The standard InChI is InChI=1S/C24H28F2N2O4/c1-16-6-5-7-17(2)28(16)22(29)15-31-20-12-10-18(11-13-20)23(30)27-14-19-8-3-4-9-21(19)32-24(25)26/h3-4,8-13,16-17,24H,5-7,14-15H2,1-2H3,(H,27,30)/t16-,17-/m1/s1. The zero-order chi connectivity index (χ0) is 23.1. The Morgan fingerprint density at radius 3 is 2.38 bits per heavy atom. The molecule has 1 N–H and O–H groups in total. The van der Waals surface area contributed by atoms with Crippen LogP contribution in [-0.4, -0.2) is 42.0 Å². The largest absolute Gasteiger partial charge is 0.484 e. The summed E-state index contributed by atoms with van der Waals surface area (Å²) in [5.74, 6) is 0.100. The number of nitrogens with zero attached hydrogens (tertiary/aromatic N) is 1. The zero-order valence-electron chi connectivity index (χ0n) is 18.2. The first-order chi connectivity index (χ1) is 15.3. The molecule has 0 unspecified atom stereocenters. The summed E-state index contributed by atoms with van der Waals surface area (Å²) < 4.78 is 35.1. The van der Waals surface area contributed by atoms with Crippen LogP contribution >= 0.6 is 0 Å². The van der Waals surface area contributed by atoms with Crippen molar-refractivity contribution >= 4 is 11.8 Å². The van der Waals surface area contributed by atoms with Gasteiger partial charge in [0, 0.05) is 29.8 Å². The lowest BCUT2D eigenvalue weighted by Gasteiger charge is -2.38. The first-order valence-electron chi connectivity index (χ1n) is 10.7. The highest BCUT2D eigenvalue weighted by atomic mass is 19.3. The molecule has 172 valence electrons. The molecule has 0 spiro atoms. The average molecular weight is 446 g/mol. The van der Waals surface area contributed by atoms with Crippen molar-refractivity contribution < 1.29 is 27.8 Å². The number of nitrogens with one attached hydrogen (secondary N) is 1. The molecule has 8 heteroatoms. The molecular formula is C24H28F2N2O4. The van der Waals surface area contributed by atoms with Crippen LogP contribution in [0.1, 0.15) is 49.0 Å². The van der Waals surface area contributed by atoms with E-state index >= 15 is 0 Å². The number of carbonyl (C=O) groups is 2. The van der Waals surface area contributed by atoms with Crippen LogP contribution in [0.25, 0.3) is 0 Å². The van der Waals surface area contributed by atoms with Crippen LogP contribution < -0.4 is 14.8 Å². The van der Waals surface area contributed by atoms with Crippen LogP contribution in [-0.2, 0) is 11.3 Å². The van der Waals surface area contributed by atoms with Crippen LogP contribution in [0.4, 0.5) is 8.78 Å². The number of hydrogen-bond acceptors (Lipinski definition) is 4. The number of hydrogen-bond donors (Lipinski definition) is 1. The Bertz CT molecular complexity index is 910. The fraction of sp³-hybridized carbons (Fsp3) is 0.417. The van der Waals surface area contributed by atoms with Gasteiger partial charge in [0.05, 0.1) is 0 Å². The molecule has 1 aliphatic heterocycles. The maximum Gasteiger partial charge on any atom is 0.387 e. The van der Waals surface area contributed by atoms with Gasteiger partial charge in [-0.25, -0.2) is 0 Å². The molecule has 2 aromatic rings. The predicted octanol–water partition coefficient (Wildman–Crippen LogP) is 4.39. The highest BCUT2D eigenvalue weighted by Crippen LogP contribution is 2.23. The molecule has 1 aliphatic rings.